The van der Waals surface area contributed by atoms with Crippen LogP contribution in [0.5, 0.6) is 0 Å². The summed E-state index contributed by atoms with van der Waals surface area (Å²) in [6.07, 6.45) is 4.93. The van der Waals surface area contributed by atoms with Crippen molar-refractivity contribution in [3.05, 3.63) is 34.9 Å². The number of carbonyl (C=O) groups is 1. The first-order chi connectivity index (χ1) is 10.1. The zero-order chi connectivity index (χ0) is 14.8. The number of nitrogens with one attached hydrogen (secondary N) is 1. The third-order valence-electron chi connectivity index (χ3n) is 4.91. The SMILES string of the molecule is Cc1ccc(C2CCCN2CC(=O)NCC2CC2)cc1C. The van der Waals surface area contributed by atoms with Gasteiger partial charge in [0.05, 0.1) is 6.54 Å². The van der Waals surface area contributed by atoms with Crippen molar-refractivity contribution in [3.63, 3.8) is 0 Å². The van der Waals surface area contributed by atoms with Gasteiger partial charge in [0, 0.05) is 12.6 Å². The summed E-state index contributed by atoms with van der Waals surface area (Å²) in [5, 5.41) is 3.08. The summed E-state index contributed by atoms with van der Waals surface area (Å²) in [4.78, 5) is 14.4. The van der Waals surface area contributed by atoms with E-state index in [2.05, 4.69) is 42.3 Å². The van der Waals surface area contributed by atoms with Crippen LogP contribution in [-0.4, -0.2) is 30.4 Å². The number of hydrogen-bond donors (Lipinski definition) is 1. The number of carbonyl (C=O) groups excluding carboxylic acids is 1. The van der Waals surface area contributed by atoms with E-state index in [0.29, 0.717) is 12.6 Å². The lowest BCUT2D eigenvalue weighted by molar-refractivity contribution is -0.122. The number of nitrogens with zero attached hydrogens (tertiary/aromatic N) is 1. The van der Waals surface area contributed by atoms with Crippen LogP contribution < -0.4 is 5.32 Å². The average Bonchev–Trinajstić information content (AvgIpc) is 3.19. The standard InChI is InChI=1S/C18H26N2O/c1-13-5-8-16(10-14(13)2)17-4-3-9-20(17)12-18(21)19-11-15-6-7-15/h5,8,10,15,17H,3-4,6-7,9,11-12H2,1-2H3,(H,19,21). The van der Waals surface area contributed by atoms with Crippen molar-refractivity contribution in [1.82, 2.24) is 10.2 Å². The fraction of sp³-hybridized carbons (Fsp3) is 0.611. The smallest absolute Gasteiger partial charge is 0.234 e. The van der Waals surface area contributed by atoms with Crippen LogP contribution in [-0.2, 0) is 4.79 Å². The highest BCUT2D eigenvalue weighted by atomic mass is 16.2. The van der Waals surface area contributed by atoms with Crippen molar-refractivity contribution in [2.75, 3.05) is 19.6 Å². The number of amides is 1. The predicted molar refractivity (Wildman–Crippen MR) is 85.2 cm³/mol. The first kappa shape index (κ1) is 14.6. The summed E-state index contributed by atoms with van der Waals surface area (Å²) in [6, 6.07) is 7.14. The third-order valence-corrected chi connectivity index (χ3v) is 4.91. The minimum Gasteiger partial charge on any atom is -0.355 e. The maximum absolute atomic E-state index is 12.1. The molecule has 0 aromatic heterocycles. The average molecular weight is 286 g/mol. The lowest BCUT2D eigenvalue weighted by Crippen LogP contribution is -2.37. The van der Waals surface area contributed by atoms with Gasteiger partial charge in [0.1, 0.15) is 0 Å². The van der Waals surface area contributed by atoms with Gasteiger partial charge in [-0.05, 0) is 68.7 Å². The van der Waals surface area contributed by atoms with E-state index in [1.165, 1.54) is 42.4 Å². The topological polar surface area (TPSA) is 32.3 Å². The molecule has 3 heteroatoms. The fourth-order valence-corrected chi connectivity index (χ4v) is 3.19. The van der Waals surface area contributed by atoms with E-state index in [4.69, 9.17) is 0 Å². The summed E-state index contributed by atoms with van der Waals surface area (Å²) in [7, 11) is 0. The van der Waals surface area contributed by atoms with Gasteiger partial charge in [-0.2, -0.15) is 0 Å². The Morgan fingerprint density at radius 3 is 2.76 bits per heavy atom. The molecule has 1 aromatic carbocycles. The van der Waals surface area contributed by atoms with Crippen LogP contribution in [0.15, 0.2) is 18.2 Å². The van der Waals surface area contributed by atoms with Gasteiger partial charge in [-0.15, -0.1) is 0 Å². The molecule has 2 fully saturated rings. The van der Waals surface area contributed by atoms with Crippen LogP contribution in [0.2, 0.25) is 0 Å². The van der Waals surface area contributed by atoms with E-state index in [0.717, 1.165) is 19.0 Å². The molecule has 2 aliphatic rings. The largest absolute Gasteiger partial charge is 0.355 e. The molecule has 1 saturated carbocycles. The zero-order valence-electron chi connectivity index (χ0n) is 13.2. The molecular weight excluding hydrogens is 260 g/mol. The van der Waals surface area contributed by atoms with Gasteiger partial charge in [-0.25, -0.2) is 0 Å². The van der Waals surface area contributed by atoms with Crippen molar-refractivity contribution >= 4 is 5.91 Å². The van der Waals surface area contributed by atoms with Gasteiger partial charge in [-0.3, -0.25) is 9.69 Å². The Morgan fingerprint density at radius 2 is 2.05 bits per heavy atom. The first-order valence-corrected chi connectivity index (χ1v) is 8.21. The molecule has 21 heavy (non-hydrogen) atoms. The van der Waals surface area contributed by atoms with Crippen molar-refractivity contribution in [2.45, 2.75) is 45.6 Å². The van der Waals surface area contributed by atoms with E-state index in [-0.39, 0.29) is 5.91 Å². The van der Waals surface area contributed by atoms with E-state index in [1.54, 1.807) is 0 Å². The maximum Gasteiger partial charge on any atom is 0.234 e. The van der Waals surface area contributed by atoms with Gasteiger partial charge in [0.2, 0.25) is 5.91 Å². The number of rotatable bonds is 5. The quantitative estimate of drug-likeness (QED) is 0.902. The molecular formula is C18H26N2O. The zero-order valence-corrected chi connectivity index (χ0v) is 13.2. The van der Waals surface area contributed by atoms with Crippen LogP contribution in [0.4, 0.5) is 0 Å². The summed E-state index contributed by atoms with van der Waals surface area (Å²) < 4.78 is 0. The molecule has 1 unspecified atom stereocenters. The molecule has 1 heterocycles. The number of aryl methyl sites for hydroxylation is 2. The molecule has 1 aromatic rings. The molecule has 1 atom stereocenters. The molecule has 3 nitrogen and oxygen atoms in total. The molecule has 0 spiro atoms. The normalized spacial score (nSPS) is 22.5. The predicted octanol–water partition coefficient (Wildman–Crippen LogP) is 2.97. The van der Waals surface area contributed by atoms with E-state index in [9.17, 15) is 4.79 Å². The van der Waals surface area contributed by atoms with Crippen molar-refractivity contribution < 1.29 is 4.79 Å². The van der Waals surface area contributed by atoms with Gasteiger partial charge < -0.3 is 5.32 Å². The number of hydrogen-bond acceptors (Lipinski definition) is 2. The van der Waals surface area contributed by atoms with E-state index >= 15 is 0 Å². The van der Waals surface area contributed by atoms with Crippen LogP contribution in [0, 0.1) is 19.8 Å². The number of likely N-dealkylation sites (tertiary alicyclic amines) is 1. The third kappa shape index (κ3) is 3.65. The summed E-state index contributed by atoms with van der Waals surface area (Å²) in [5.74, 6) is 0.945. The summed E-state index contributed by atoms with van der Waals surface area (Å²) >= 11 is 0. The lowest BCUT2D eigenvalue weighted by atomic mass is 9.99. The second-order valence-electron chi connectivity index (χ2n) is 6.72. The summed E-state index contributed by atoms with van der Waals surface area (Å²) in [6.45, 7) is 6.77. The fourth-order valence-electron chi connectivity index (χ4n) is 3.19. The van der Waals surface area contributed by atoms with Crippen molar-refractivity contribution in [2.24, 2.45) is 5.92 Å². The second-order valence-corrected chi connectivity index (χ2v) is 6.72. The maximum atomic E-state index is 12.1. The summed E-state index contributed by atoms with van der Waals surface area (Å²) in [5.41, 5.74) is 4.05. The van der Waals surface area contributed by atoms with Crippen molar-refractivity contribution in [3.8, 4) is 0 Å². The van der Waals surface area contributed by atoms with Gasteiger partial charge >= 0.3 is 0 Å². The molecule has 1 saturated heterocycles. The van der Waals surface area contributed by atoms with Crippen LogP contribution in [0.1, 0.15) is 48.4 Å². The Morgan fingerprint density at radius 1 is 1.24 bits per heavy atom. The van der Waals surface area contributed by atoms with Crippen LogP contribution in [0.25, 0.3) is 0 Å². The highest BCUT2D eigenvalue weighted by Crippen LogP contribution is 2.32. The van der Waals surface area contributed by atoms with E-state index < -0.39 is 0 Å². The number of benzene rings is 1. The molecule has 114 valence electrons. The Hall–Kier alpha value is -1.35. The van der Waals surface area contributed by atoms with Crippen molar-refractivity contribution in [1.29, 1.82) is 0 Å². The highest BCUT2D eigenvalue weighted by molar-refractivity contribution is 5.78. The Labute approximate surface area is 127 Å². The highest BCUT2D eigenvalue weighted by Gasteiger charge is 2.28. The van der Waals surface area contributed by atoms with Gasteiger partial charge in [0.25, 0.3) is 0 Å². The lowest BCUT2D eigenvalue weighted by Gasteiger charge is -2.24. The Balaban J connectivity index is 1.61. The minimum atomic E-state index is 0.192. The first-order valence-electron chi connectivity index (χ1n) is 8.21. The van der Waals surface area contributed by atoms with Gasteiger partial charge in [-0.1, -0.05) is 18.2 Å². The minimum absolute atomic E-state index is 0.192. The second kappa shape index (κ2) is 6.18. The molecule has 0 bridgehead atoms. The molecule has 1 aliphatic heterocycles. The molecule has 1 N–H and O–H groups in total. The molecule has 3 rings (SSSR count). The Bertz CT molecular complexity index is 522. The van der Waals surface area contributed by atoms with Crippen LogP contribution in [0.3, 0.4) is 0 Å². The molecule has 1 aliphatic carbocycles. The van der Waals surface area contributed by atoms with Crippen LogP contribution >= 0.6 is 0 Å². The van der Waals surface area contributed by atoms with E-state index in [1.807, 2.05) is 0 Å². The monoisotopic (exact) mass is 286 g/mol. The van der Waals surface area contributed by atoms with Gasteiger partial charge in [0.15, 0.2) is 0 Å². The molecule has 1 amide bonds. The molecule has 0 radical (unpaired) electrons. The Kier molecular flexibility index (Phi) is 4.29.